The summed E-state index contributed by atoms with van der Waals surface area (Å²) in [6, 6.07) is 3.68. The second-order valence-electron chi connectivity index (χ2n) is 5.24. The van der Waals surface area contributed by atoms with Gasteiger partial charge >= 0.3 is 0 Å². The van der Waals surface area contributed by atoms with Crippen LogP contribution in [0.5, 0.6) is 11.5 Å². The van der Waals surface area contributed by atoms with E-state index in [-0.39, 0.29) is 11.8 Å². The van der Waals surface area contributed by atoms with E-state index in [1.165, 1.54) is 20.3 Å². The number of ketones is 1. The fraction of sp³-hybridized carbons (Fsp3) is 0.294. The van der Waals surface area contributed by atoms with Gasteiger partial charge < -0.3 is 9.47 Å². The van der Waals surface area contributed by atoms with Gasteiger partial charge in [0, 0.05) is 12.2 Å². The van der Waals surface area contributed by atoms with Crippen LogP contribution >= 0.6 is 11.6 Å². The van der Waals surface area contributed by atoms with Crippen molar-refractivity contribution in [2.75, 3.05) is 14.2 Å². The Balaban J connectivity index is 2.22. The van der Waals surface area contributed by atoms with E-state index in [0.717, 1.165) is 5.56 Å². The molecule has 0 saturated heterocycles. The Morgan fingerprint density at radius 3 is 2.61 bits per heavy atom. The summed E-state index contributed by atoms with van der Waals surface area (Å²) >= 11 is 6.15. The van der Waals surface area contributed by atoms with Gasteiger partial charge in [0.25, 0.3) is 0 Å². The van der Waals surface area contributed by atoms with Crippen molar-refractivity contribution in [3.63, 3.8) is 0 Å². The molecule has 1 aromatic heterocycles. The molecule has 0 saturated carbocycles. The van der Waals surface area contributed by atoms with Crippen LogP contribution < -0.4 is 9.47 Å². The molecule has 5 nitrogen and oxygen atoms in total. The van der Waals surface area contributed by atoms with E-state index in [1.54, 1.807) is 35.3 Å². The second kappa shape index (κ2) is 7.33. The highest BCUT2D eigenvalue weighted by atomic mass is 35.5. The van der Waals surface area contributed by atoms with Crippen molar-refractivity contribution in [2.24, 2.45) is 0 Å². The summed E-state index contributed by atoms with van der Waals surface area (Å²) < 4.78 is 12.2. The molecule has 1 aromatic carbocycles. The minimum absolute atomic E-state index is 0.122. The SMILES string of the molecule is COc1cc(C=CC(=O)c2cnn(C(C)C)c2)cc(Cl)c1OC. The maximum Gasteiger partial charge on any atom is 0.189 e. The summed E-state index contributed by atoms with van der Waals surface area (Å²) in [5.74, 6) is 0.860. The maximum atomic E-state index is 12.2. The van der Waals surface area contributed by atoms with Gasteiger partial charge in [0.2, 0.25) is 0 Å². The summed E-state index contributed by atoms with van der Waals surface area (Å²) in [5.41, 5.74) is 1.29. The Labute approximate surface area is 140 Å². The zero-order valence-electron chi connectivity index (χ0n) is 13.5. The molecule has 122 valence electrons. The molecule has 2 rings (SSSR count). The summed E-state index contributed by atoms with van der Waals surface area (Å²) in [6.07, 6.45) is 6.47. The third-order valence-corrected chi connectivity index (χ3v) is 3.58. The molecule has 0 amide bonds. The number of hydrogen-bond acceptors (Lipinski definition) is 4. The van der Waals surface area contributed by atoms with Crippen LogP contribution in [0.2, 0.25) is 5.02 Å². The summed E-state index contributed by atoms with van der Waals surface area (Å²) in [7, 11) is 3.06. The van der Waals surface area contributed by atoms with Crippen molar-refractivity contribution < 1.29 is 14.3 Å². The Bertz CT molecular complexity index is 735. The molecule has 0 aliphatic carbocycles. The van der Waals surface area contributed by atoms with Crippen LogP contribution in [0.1, 0.15) is 35.8 Å². The van der Waals surface area contributed by atoms with E-state index >= 15 is 0 Å². The normalized spacial score (nSPS) is 11.2. The predicted octanol–water partition coefficient (Wildman–Crippen LogP) is 4.03. The van der Waals surface area contributed by atoms with E-state index < -0.39 is 0 Å². The monoisotopic (exact) mass is 334 g/mol. The molecule has 0 fully saturated rings. The van der Waals surface area contributed by atoms with E-state index in [2.05, 4.69) is 5.10 Å². The zero-order valence-corrected chi connectivity index (χ0v) is 14.3. The Morgan fingerprint density at radius 1 is 1.30 bits per heavy atom. The van der Waals surface area contributed by atoms with Crippen LogP contribution in [0, 0.1) is 0 Å². The van der Waals surface area contributed by atoms with Gasteiger partial charge in [-0.05, 0) is 37.6 Å². The molecule has 0 radical (unpaired) electrons. The average Bonchev–Trinajstić information content (AvgIpc) is 3.02. The molecule has 1 heterocycles. The first kappa shape index (κ1) is 17.1. The Hall–Kier alpha value is -2.27. The predicted molar refractivity (Wildman–Crippen MR) is 90.5 cm³/mol. The van der Waals surface area contributed by atoms with Crippen LogP contribution in [-0.4, -0.2) is 29.8 Å². The first-order chi connectivity index (χ1) is 11.0. The number of allylic oxidation sites excluding steroid dienone is 1. The van der Waals surface area contributed by atoms with Gasteiger partial charge in [0.05, 0.1) is 31.0 Å². The summed E-state index contributed by atoms with van der Waals surface area (Å²) in [4.78, 5) is 12.2. The minimum atomic E-state index is -0.122. The molecule has 2 aromatic rings. The largest absolute Gasteiger partial charge is 0.493 e. The number of ether oxygens (including phenoxy) is 2. The van der Waals surface area contributed by atoms with Crippen molar-refractivity contribution in [2.45, 2.75) is 19.9 Å². The van der Waals surface area contributed by atoms with Crippen molar-refractivity contribution in [1.29, 1.82) is 0 Å². The van der Waals surface area contributed by atoms with Crippen LogP contribution in [-0.2, 0) is 0 Å². The van der Waals surface area contributed by atoms with E-state index in [1.807, 2.05) is 13.8 Å². The van der Waals surface area contributed by atoms with Gasteiger partial charge in [-0.25, -0.2) is 0 Å². The van der Waals surface area contributed by atoms with Crippen molar-refractivity contribution in [3.05, 3.63) is 46.8 Å². The van der Waals surface area contributed by atoms with Crippen molar-refractivity contribution >= 4 is 23.5 Å². The van der Waals surface area contributed by atoms with Crippen molar-refractivity contribution in [3.8, 4) is 11.5 Å². The van der Waals surface area contributed by atoms with E-state index in [0.29, 0.717) is 22.1 Å². The lowest BCUT2D eigenvalue weighted by molar-refractivity contribution is 0.104. The number of methoxy groups -OCH3 is 2. The van der Waals surface area contributed by atoms with Crippen LogP contribution in [0.15, 0.2) is 30.6 Å². The standard InChI is InChI=1S/C17H19ClN2O3/c1-11(2)20-10-13(9-19-20)15(21)6-5-12-7-14(18)17(23-4)16(8-12)22-3/h5-11H,1-4H3. The summed E-state index contributed by atoms with van der Waals surface area (Å²) in [6.45, 7) is 4.01. The molecule has 0 unspecified atom stereocenters. The van der Waals surface area contributed by atoms with Crippen LogP contribution in [0.4, 0.5) is 0 Å². The highest BCUT2D eigenvalue weighted by Crippen LogP contribution is 2.36. The van der Waals surface area contributed by atoms with Gasteiger partial charge in [-0.3, -0.25) is 9.48 Å². The second-order valence-corrected chi connectivity index (χ2v) is 5.65. The third-order valence-electron chi connectivity index (χ3n) is 3.30. The number of benzene rings is 1. The first-order valence-corrected chi connectivity index (χ1v) is 7.52. The molecule has 6 heteroatoms. The topological polar surface area (TPSA) is 53.3 Å². The lowest BCUT2D eigenvalue weighted by atomic mass is 10.1. The fourth-order valence-electron chi connectivity index (χ4n) is 2.05. The Kier molecular flexibility index (Phi) is 5.45. The number of halogens is 1. The number of carbonyl (C=O) groups is 1. The third kappa shape index (κ3) is 3.93. The smallest absolute Gasteiger partial charge is 0.189 e. The van der Waals surface area contributed by atoms with Crippen LogP contribution in [0.3, 0.4) is 0 Å². The quantitative estimate of drug-likeness (QED) is 0.591. The first-order valence-electron chi connectivity index (χ1n) is 7.14. The number of rotatable bonds is 6. The molecule has 0 atom stereocenters. The minimum Gasteiger partial charge on any atom is -0.493 e. The number of carbonyl (C=O) groups excluding carboxylic acids is 1. The molecule has 0 N–H and O–H groups in total. The van der Waals surface area contributed by atoms with E-state index in [9.17, 15) is 4.79 Å². The maximum absolute atomic E-state index is 12.2. The molecule has 0 aliphatic rings. The number of hydrogen-bond donors (Lipinski definition) is 0. The molecular formula is C17H19ClN2O3. The van der Waals surface area contributed by atoms with Gasteiger partial charge in [-0.1, -0.05) is 17.7 Å². The molecule has 0 spiro atoms. The highest BCUT2D eigenvalue weighted by Gasteiger charge is 2.11. The molecule has 0 aliphatic heterocycles. The molecule has 0 bridgehead atoms. The molecule has 23 heavy (non-hydrogen) atoms. The van der Waals surface area contributed by atoms with Gasteiger partial charge in [-0.15, -0.1) is 0 Å². The zero-order chi connectivity index (χ0) is 17.0. The van der Waals surface area contributed by atoms with Gasteiger partial charge in [-0.2, -0.15) is 5.10 Å². The molecular weight excluding hydrogens is 316 g/mol. The highest BCUT2D eigenvalue weighted by molar-refractivity contribution is 6.32. The van der Waals surface area contributed by atoms with Crippen LogP contribution in [0.25, 0.3) is 6.08 Å². The van der Waals surface area contributed by atoms with Gasteiger partial charge in [0.15, 0.2) is 17.3 Å². The number of nitrogens with zero attached hydrogens (tertiary/aromatic N) is 2. The summed E-state index contributed by atoms with van der Waals surface area (Å²) in [5, 5.41) is 4.58. The fourth-order valence-corrected chi connectivity index (χ4v) is 2.35. The van der Waals surface area contributed by atoms with Gasteiger partial charge in [0.1, 0.15) is 0 Å². The van der Waals surface area contributed by atoms with E-state index in [4.69, 9.17) is 21.1 Å². The average molecular weight is 335 g/mol. The van der Waals surface area contributed by atoms with Crippen molar-refractivity contribution in [1.82, 2.24) is 9.78 Å². The lowest BCUT2D eigenvalue weighted by Gasteiger charge is -2.10. The lowest BCUT2D eigenvalue weighted by Crippen LogP contribution is -2.00. The Morgan fingerprint density at radius 2 is 2.04 bits per heavy atom. The number of aromatic nitrogens is 2.